The molecule has 0 fully saturated rings. The molecule has 1 aromatic rings. The Bertz CT molecular complexity index is 408. The average molecular weight is 262 g/mol. The molecule has 19 heavy (non-hydrogen) atoms. The number of amides is 2. The van der Waals surface area contributed by atoms with Crippen molar-refractivity contribution in [3.63, 3.8) is 0 Å². The predicted molar refractivity (Wildman–Crippen MR) is 79.6 cm³/mol. The highest BCUT2D eigenvalue weighted by Gasteiger charge is 2.03. The van der Waals surface area contributed by atoms with Crippen molar-refractivity contribution < 1.29 is 4.79 Å². The monoisotopic (exact) mass is 262 g/mol. The minimum Gasteiger partial charge on any atom is -0.372 e. The lowest BCUT2D eigenvalue weighted by Gasteiger charge is -2.23. The minimum absolute atomic E-state index is 0.662. The van der Waals surface area contributed by atoms with Crippen molar-refractivity contribution in [2.75, 3.05) is 18.0 Å². The molecule has 0 saturated carbocycles. The van der Waals surface area contributed by atoms with Crippen LogP contribution in [0.1, 0.15) is 32.3 Å². The smallest absolute Gasteiger partial charge is 0.332 e. The third kappa shape index (κ3) is 5.42. The van der Waals surface area contributed by atoms with Crippen LogP contribution >= 0.6 is 0 Å². The van der Waals surface area contributed by atoms with Gasteiger partial charge in [0.2, 0.25) is 0 Å². The molecule has 0 heterocycles. The van der Waals surface area contributed by atoms with E-state index in [1.165, 1.54) is 5.69 Å². The zero-order chi connectivity index (χ0) is 14.1. The third-order valence-electron chi connectivity index (χ3n) is 2.63. The van der Waals surface area contributed by atoms with E-state index in [1.54, 1.807) is 6.21 Å². The summed E-state index contributed by atoms with van der Waals surface area (Å²) in [6.07, 6.45) is 3.83. The molecule has 0 aliphatic carbocycles. The Morgan fingerprint density at radius 2 is 1.84 bits per heavy atom. The van der Waals surface area contributed by atoms with Gasteiger partial charge in [0.05, 0.1) is 6.21 Å². The predicted octanol–water partition coefficient (Wildman–Crippen LogP) is 2.32. The molecule has 0 unspecified atom stereocenters. The molecule has 3 N–H and O–H groups in total. The first-order valence-corrected chi connectivity index (χ1v) is 6.60. The van der Waals surface area contributed by atoms with E-state index in [-0.39, 0.29) is 0 Å². The zero-order valence-corrected chi connectivity index (χ0v) is 11.6. The molecular weight excluding hydrogens is 240 g/mol. The number of nitrogens with one attached hydrogen (secondary N) is 1. The van der Waals surface area contributed by atoms with Crippen LogP contribution in [0.5, 0.6) is 0 Å². The van der Waals surface area contributed by atoms with Crippen LogP contribution in [0.15, 0.2) is 29.4 Å². The second-order valence-corrected chi connectivity index (χ2v) is 4.31. The summed E-state index contributed by atoms with van der Waals surface area (Å²) in [5.41, 5.74) is 9.22. The quantitative estimate of drug-likeness (QED) is 0.584. The molecule has 1 aromatic carbocycles. The summed E-state index contributed by atoms with van der Waals surface area (Å²) < 4.78 is 0. The number of primary amides is 1. The summed E-state index contributed by atoms with van der Waals surface area (Å²) in [6, 6.07) is 7.41. The summed E-state index contributed by atoms with van der Waals surface area (Å²) in [5, 5.41) is 3.73. The van der Waals surface area contributed by atoms with Crippen molar-refractivity contribution in [2.45, 2.75) is 26.7 Å². The van der Waals surface area contributed by atoms with Gasteiger partial charge in [-0.05, 0) is 30.5 Å². The van der Waals surface area contributed by atoms with Gasteiger partial charge in [-0.15, -0.1) is 0 Å². The number of nitrogens with zero attached hydrogens (tertiary/aromatic N) is 2. The van der Waals surface area contributed by atoms with Gasteiger partial charge in [0.25, 0.3) is 0 Å². The van der Waals surface area contributed by atoms with Crippen molar-refractivity contribution >= 4 is 17.9 Å². The molecule has 5 nitrogen and oxygen atoms in total. The maximum absolute atomic E-state index is 10.5. The first-order valence-electron chi connectivity index (χ1n) is 6.60. The highest BCUT2D eigenvalue weighted by atomic mass is 16.2. The number of carbonyl (C=O) groups excluding carboxylic acids is 1. The summed E-state index contributed by atoms with van der Waals surface area (Å²) >= 11 is 0. The maximum atomic E-state index is 10.5. The van der Waals surface area contributed by atoms with Crippen LogP contribution in [0.3, 0.4) is 0 Å². The number of nitrogens with two attached hydrogens (primary N) is 1. The second-order valence-electron chi connectivity index (χ2n) is 4.31. The fourth-order valence-electron chi connectivity index (χ4n) is 1.85. The normalized spacial score (nSPS) is 10.6. The number of anilines is 1. The number of hydrogen-bond donors (Lipinski definition) is 2. The number of hydrogen-bond acceptors (Lipinski definition) is 3. The van der Waals surface area contributed by atoms with Gasteiger partial charge < -0.3 is 10.6 Å². The fourth-order valence-corrected chi connectivity index (χ4v) is 1.85. The van der Waals surface area contributed by atoms with Gasteiger partial charge in [0, 0.05) is 18.8 Å². The summed E-state index contributed by atoms with van der Waals surface area (Å²) in [7, 11) is 0. The van der Waals surface area contributed by atoms with Crippen molar-refractivity contribution in [3.8, 4) is 0 Å². The van der Waals surface area contributed by atoms with Gasteiger partial charge in [-0.1, -0.05) is 26.0 Å². The molecule has 2 amide bonds. The molecular formula is C14H22N4O. The molecule has 0 aliphatic rings. The van der Waals surface area contributed by atoms with Gasteiger partial charge >= 0.3 is 6.03 Å². The van der Waals surface area contributed by atoms with Crippen LogP contribution in [0.25, 0.3) is 0 Å². The van der Waals surface area contributed by atoms with E-state index in [2.05, 4.69) is 41.4 Å². The highest BCUT2D eigenvalue weighted by molar-refractivity contribution is 5.82. The lowest BCUT2D eigenvalue weighted by molar-refractivity contribution is 0.249. The van der Waals surface area contributed by atoms with Crippen molar-refractivity contribution in [3.05, 3.63) is 29.8 Å². The van der Waals surface area contributed by atoms with Crippen LogP contribution < -0.4 is 16.1 Å². The Balaban J connectivity index is 2.68. The first-order chi connectivity index (χ1) is 9.17. The zero-order valence-electron chi connectivity index (χ0n) is 11.6. The SMILES string of the molecule is CCCN(CCC)c1ccc(C=NNC(N)=O)cc1. The molecule has 5 heteroatoms. The Hall–Kier alpha value is -2.04. The molecule has 0 atom stereocenters. The lowest BCUT2D eigenvalue weighted by atomic mass is 10.2. The van der Waals surface area contributed by atoms with E-state index in [0.717, 1.165) is 31.5 Å². The Morgan fingerprint density at radius 1 is 1.26 bits per heavy atom. The lowest BCUT2D eigenvalue weighted by Crippen LogP contribution is -2.25. The van der Waals surface area contributed by atoms with Gasteiger partial charge in [-0.3, -0.25) is 0 Å². The second kappa shape index (κ2) is 8.13. The van der Waals surface area contributed by atoms with Crippen molar-refractivity contribution in [1.82, 2.24) is 5.43 Å². The van der Waals surface area contributed by atoms with E-state index >= 15 is 0 Å². The fraction of sp³-hybridized carbons (Fsp3) is 0.429. The van der Waals surface area contributed by atoms with E-state index in [1.807, 2.05) is 12.1 Å². The molecule has 0 aromatic heterocycles. The highest BCUT2D eigenvalue weighted by Crippen LogP contribution is 2.15. The largest absolute Gasteiger partial charge is 0.372 e. The van der Waals surface area contributed by atoms with E-state index in [0.29, 0.717) is 0 Å². The Kier molecular flexibility index (Phi) is 6.43. The van der Waals surface area contributed by atoms with Gasteiger partial charge in [-0.25, -0.2) is 10.2 Å². The average Bonchev–Trinajstić information content (AvgIpc) is 2.39. The maximum Gasteiger partial charge on any atom is 0.332 e. The van der Waals surface area contributed by atoms with Crippen molar-refractivity contribution in [2.24, 2.45) is 10.8 Å². The third-order valence-corrected chi connectivity index (χ3v) is 2.63. The summed E-state index contributed by atoms with van der Waals surface area (Å²) in [6.45, 7) is 6.48. The summed E-state index contributed by atoms with van der Waals surface area (Å²) in [5.74, 6) is 0. The van der Waals surface area contributed by atoms with Gasteiger partial charge in [0.1, 0.15) is 0 Å². The molecule has 0 aliphatic heterocycles. The van der Waals surface area contributed by atoms with E-state index < -0.39 is 6.03 Å². The first kappa shape index (κ1) is 15.0. The van der Waals surface area contributed by atoms with Crippen LogP contribution in [0.2, 0.25) is 0 Å². The number of urea groups is 1. The van der Waals surface area contributed by atoms with Crippen LogP contribution in [-0.4, -0.2) is 25.3 Å². The number of hydrazone groups is 1. The van der Waals surface area contributed by atoms with Crippen LogP contribution in [0.4, 0.5) is 10.5 Å². The molecule has 104 valence electrons. The molecule has 0 saturated heterocycles. The van der Waals surface area contributed by atoms with Gasteiger partial charge in [-0.2, -0.15) is 5.10 Å². The molecule has 0 radical (unpaired) electrons. The molecule has 0 bridgehead atoms. The molecule has 0 spiro atoms. The van der Waals surface area contributed by atoms with Crippen LogP contribution in [0, 0.1) is 0 Å². The van der Waals surface area contributed by atoms with Crippen LogP contribution in [-0.2, 0) is 0 Å². The number of rotatable bonds is 7. The Labute approximate surface area is 114 Å². The van der Waals surface area contributed by atoms with Crippen molar-refractivity contribution in [1.29, 1.82) is 0 Å². The molecule has 1 rings (SSSR count). The summed E-state index contributed by atoms with van der Waals surface area (Å²) in [4.78, 5) is 12.8. The topological polar surface area (TPSA) is 70.7 Å². The van der Waals surface area contributed by atoms with E-state index in [4.69, 9.17) is 5.73 Å². The van der Waals surface area contributed by atoms with E-state index in [9.17, 15) is 4.79 Å². The standard InChI is InChI=1S/C14H22N4O/c1-3-9-18(10-4-2)13-7-5-12(6-8-13)11-16-17-14(15)19/h5-8,11H,3-4,9-10H2,1-2H3,(H3,15,17,19). The Morgan fingerprint density at radius 3 is 2.32 bits per heavy atom. The van der Waals surface area contributed by atoms with Gasteiger partial charge in [0.15, 0.2) is 0 Å². The number of benzene rings is 1. The number of carbonyl (C=O) groups is 1. The minimum atomic E-state index is -0.662.